The second-order valence-corrected chi connectivity index (χ2v) is 10.8. The van der Waals surface area contributed by atoms with Crippen molar-refractivity contribution in [1.82, 2.24) is 14.9 Å². The van der Waals surface area contributed by atoms with E-state index in [1.807, 2.05) is 0 Å². The number of pyridine rings is 2. The molecule has 0 N–H and O–H groups in total. The van der Waals surface area contributed by atoms with Crippen molar-refractivity contribution in [3.05, 3.63) is 41.9 Å². The zero-order valence-electron chi connectivity index (χ0n) is 20.6. The fraction of sp³-hybridized carbons (Fsp3) is 0.500. The van der Waals surface area contributed by atoms with Crippen LogP contribution in [0.5, 0.6) is 5.88 Å². The highest BCUT2D eigenvalue weighted by Gasteiger charge is 2.60. The number of carbonyl (C=O) groups is 1. The maximum absolute atomic E-state index is 13.6. The summed E-state index contributed by atoms with van der Waals surface area (Å²) in [7, 11) is 2.17. The van der Waals surface area contributed by atoms with Crippen LogP contribution >= 0.6 is 12.2 Å². The van der Waals surface area contributed by atoms with Gasteiger partial charge < -0.3 is 14.5 Å². The molecule has 198 valence electrons. The summed E-state index contributed by atoms with van der Waals surface area (Å²) in [6, 6.07) is 6.82. The molecule has 3 aliphatic heterocycles. The molecule has 3 saturated heterocycles. The van der Waals surface area contributed by atoms with Crippen molar-refractivity contribution in [2.75, 3.05) is 16.8 Å². The van der Waals surface area contributed by atoms with Crippen LogP contribution in [0.1, 0.15) is 56.2 Å². The van der Waals surface area contributed by atoms with Gasteiger partial charge in [0.25, 0.3) is 5.91 Å². The minimum atomic E-state index is -4.81. The van der Waals surface area contributed by atoms with Gasteiger partial charge >= 0.3 is 6.18 Å². The van der Waals surface area contributed by atoms with Gasteiger partial charge in [0, 0.05) is 18.2 Å². The van der Waals surface area contributed by atoms with Crippen molar-refractivity contribution in [1.29, 1.82) is 5.26 Å². The van der Waals surface area contributed by atoms with E-state index in [0.29, 0.717) is 36.5 Å². The van der Waals surface area contributed by atoms with Crippen LogP contribution in [0.15, 0.2) is 30.6 Å². The Bertz CT molecular complexity index is 1330. The van der Waals surface area contributed by atoms with Crippen molar-refractivity contribution < 1.29 is 22.7 Å². The standard InChI is InChI=1S/C26H25F3N6O2S/c1-33-15-3-4-16(33)10-19(9-15)37-22-6-5-17(13-32-22)35-24(38)34(23(36)25(35)7-2-8-25)18-11-20(26(27,28)29)21(12-30)31-14-18/h5-6,11,13-16,19H,2-4,7-10H2,1H3/t15-,16+,19-. The molecule has 8 nitrogen and oxygen atoms in total. The molecule has 2 aromatic heterocycles. The van der Waals surface area contributed by atoms with Crippen LogP contribution in [-0.2, 0) is 11.0 Å². The van der Waals surface area contributed by atoms with E-state index in [1.54, 1.807) is 23.2 Å². The van der Waals surface area contributed by atoms with Crippen LogP contribution in [-0.4, -0.2) is 56.7 Å². The molecule has 4 aliphatic rings. The lowest BCUT2D eigenvalue weighted by Crippen LogP contribution is -2.55. The van der Waals surface area contributed by atoms with E-state index in [9.17, 15) is 18.0 Å². The molecule has 2 bridgehead atoms. The van der Waals surface area contributed by atoms with Gasteiger partial charge in [-0.1, -0.05) is 0 Å². The van der Waals surface area contributed by atoms with Crippen molar-refractivity contribution in [2.45, 2.75) is 74.8 Å². The molecule has 0 radical (unpaired) electrons. The lowest BCUT2D eigenvalue weighted by atomic mass is 9.75. The van der Waals surface area contributed by atoms with E-state index in [-0.39, 0.29) is 16.9 Å². The van der Waals surface area contributed by atoms with Crippen molar-refractivity contribution in [3.8, 4) is 11.9 Å². The first-order valence-electron chi connectivity index (χ1n) is 12.6. The maximum atomic E-state index is 13.6. The number of thiocarbonyl (C=S) groups is 1. The molecule has 2 aromatic rings. The summed E-state index contributed by atoms with van der Waals surface area (Å²) in [5.41, 5.74) is -2.50. The number of rotatable bonds is 4. The Balaban J connectivity index is 1.27. The first kappa shape index (κ1) is 25.0. The summed E-state index contributed by atoms with van der Waals surface area (Å²) in [6.45, 7) is 0. The largest absolute Gasteiger partial charge is 0.474 e. The Hall–Kier alpha value is -3.30. The number of carbonyl (C=O) groups excluding carboxylic acids is 1. The Labute approximate surface area is 223 Å². The molecule has 12 heteroatoms. The van der Waals surface area contributed by atoms with Gasteiger partial charge in [-0.15, -0.1) is 0 Å². The molecule has 0 unspecified atom stereocenters. The van der Waals surface area contributed by atoms with Crippen LogP contribution in [0.4, 0.5) is 24.5 Å². The predicted molar refractivity (Wildman–Crippen MR) is 136 cm³/mol. The van der Waals surface area contributed by atoms with E-state index in [2.05, 4.69) is 21.9 Å². The molecule has 1 saturated carbocycles. The van der Waals surface area contributed by atoms with E-state index in [0.717, 1.165) is 36.4 Å². The second kappa shape index (κ2) is 8.88. The number of anilines is 2. The average molecular weight is 543 g/mol. The Morgan fingerprint density at radius 3 is 2.37 bits per heavy atom. The van der Waals surface area contributed by atoms with Gasteiger partial charge in [0.05, 0.1) is 29.3 Å². The predicted octanol–water partition coefficient (Wildman–Crippen LogP) is 4.43. The molecule has 5 heterocycles. The Morgan fingerprint density at radius 2 is 1.82 bits per heavy atom. The molecular weight excluding hydrogens is 517 g/mol. The highest BCUT2D eigenvalue weighted by Crippen LogP contribution is 2.48. The lowest BCUT2D eigenvalue weighted by Gasteiger charge is -2.42. The van der Waals surface area contributed by atoms with Crippen LogP contribution in [0.3, 0.4) is 0 Å². The van der Waals surface area contributed by atoms with E-state index < -0.39 is 28.9 Å². The molecule has 38 heavy (non-hydrogen) atoms. The minimum absolute atomic E-state index is 0.0525. The third-order valence-corrected chi connectivity index (χ3v) is 8.82. The van der Waals surface area contributed by atoms with E-state index in [1.165, 1.54) is 18.9 Å². The fourth-order valence-corrected chi connectivity index (χ4v) is 6.76. The topological polar surface area (TPSA) is 85.6 Å². The fourth-order valence-electron chi connectivity index (χ4n) is 6.29. The van der Waals surface area contributed by atoms with Crippen LogP contribution in [0, 0.1) is 11.3 Å². The lowest BCUT2D eigenvalue weighted by molar-refractivity contribution is -0.138. The van der Waals surface area contributed by atoms with E-state index in [4.69, 9.17) is 22.2 Å². The summed E-state index contributed by atoms with van der Waals surface area (Å²) < 4.78 is 46.9. The van der Waals surface area contributed by atoms with Crippen molar-refractivity contribution in [2.24, 2.45) is 0 Å². The van der Waals surface area contributed by atoms with Gasteiger partial charge in [0.2, 0.25) is 5.88 Å². The summed E-state index contributed by atoms with van der Waals surface area (Å²) in [5, 5.41) is 9.14. The van der Waals surface area contributed by atoms with Crippen LogP contribution < -0.4 is 14.5 Å². The Morgan fingerprint density at radius 1 is 1.13 bits per heavy atom. The average Bonchev–Trinajstić information content (AvgIpc) is 3.20. The summed E-state index contributed by atoms with van der Waals surface area (Å²) in [5.74, 6) is 0.0836. The number of halogens is 3. The molecule has 1 spiro atoms. The highest BCUT2D eigenvalue weighted by atomic mass is 32.1. The van der Waals surface area contributed by atoms with Gasteiger partial charge in [0.1, 0.15) is 17.7 Å². The first-order valence-corrected chi connectivity index (χ1v) is 13.0. The SMILES string of the molecule is CN1[C@@H]2CC[C@H]1C[C@H](Oc1ccc(N3C(=S)N(c4cnc(C#N)c(C(F)(F)F)c4)C(=O)C34CCC4)cn1)C2. The van der Waals surface area contributed by atoms with Crippen molar-refractivity contribution >= 4 is 34.6 Å². The molecule has 4 fully saturated rings. The van der Waals surface area contributed by atoms with Crippen LogP contribution in [0.25, 0.3) is 0 Å². The number of hydrogen-bond donors (Lipinski definition) is 0. The van der Waals surface area contributed by atoms with Gasteiger partial charge in [-0.3, -0.25) is 9.69 Å². The molecule has 1 aliphatic carbocycles. The summed E-state index contributed by atoms with van der Waals surface area (Å²) in [4.78, 5) is 27.0. The quantitative estimate of drug-likeness (QED) is 0.525. The second-order valence-electron chi connectivity index (χ2n) is 10.5. The first-order chi connectivity index (χ1) is 18.1. The van der Waals surface area contributed by atoms with Gasteiger partial charge in [-0.25, -0.2) is 9.97 Å². The highest BCUT2D eigenvalue weighted by molar-refractivity contribution is 7.81. The third kappa shape index (κ3) is 3.82. The number of amides is 1. The normalized spacial score (nSPS) is 26.6. The number of ether oxygens (including phenoxy) is 1. The zero-order valence-corrected chi connectivity index (χ0v) is 21.4. The van der Waals surface area contributed by atoms with Gasteiger partial charge in [-0.2, -0.15) is 18.4 Å². The van der Waals surface area contributed by atoms with Gasteiger partial charge in [0.15, 0.2) is 10.8 Å². The number of nitrogens with zero attached hydrogens (tertiary/aromatic N) is 6. The van der Waals surface area contributed by atoms with Crippen LogP contribution in [0.2, 0.25) is 0 Å². The number of fused-ring (bicyclic) bond motifs is 2. The maximum Gasteiger partial charge on any atom is 0.419 e. The number of hydrogen-bond acceptors (Lipinski definition) is 7. The summed E-state index contributed by atoms with van der Waals surface area (Å²) >= 11 is 5.65. The zero-order chi connectivity index (χ0) is 26.8. The minimum Gasteiger partial charge on any atom is -0.474 e. The molecule has 1 amide bonds. The van der Waals surface area contributed by atoms with Gasteiger partial charge in [-0.05, 0) is 76.3 Å². The molecule has 6 rings (SSSR count). The number of piperidine rings is 1. The molecule has 0 aromatic carbocycles. The third-order valence-electron chi connectivity index (χ3n) is 8.46. The Kier molecular flexibility index (Phi) is 5.84. The monoisotopic (exact) mass is 542 g/mol. The summed E-state index contributed by atoms with van der Waals surface area (Å²) in [6.07, 6.45) is 4.05. The smallest absolute Gasteiger partial charge is 0.419 e. The van der Waals surface area contributed by atoms with E-state index >= 15 is 0 Å². The molecule has 3 atom stereocenters. The molecular formula is C26H25F3N6O2S. The number of alkyl halides is 3. The number of aromatic nitrogens is 2. The number of nitriles is 1. The van der Waals surface area contributed by atoms with Crippen molar-refractivity contribution in [3.63, 3.8) is 0 Å².